The van der Waals surface area contributed by atoms with Crippen LogP contribution >= 0.6 is 15.9 Å². The summed E-state index contributed by atoms with van der Waals surface area (Å²) in [6.07, 6.45) is 0. The van der Waals surface area contributed by atoms with Gasteiger partial charge in [-0.25, -0.2) is 5.48 Å². The number of halogens is 1. The molecule has 0 fully saturated rings. The fraction of sp³-hybridized carbons (Fsp3) is 0.0909. The van der Waals surface area contributed by atoms with Crippen molar-refractivity contribution >= 4 is 26.7 Å². The molecule has 2 aromatic carbocycles. The van der Waals surface area contributed by atoms with Gasteiger partial charge in [-0.3, -0.25) is 0 Å². The molecule has 3 N–H and O–H groups in total. The molecule has 0 atom stereocenters. The Morgan fingerprint density at radius 2 is 1.93 bits per heavy atom. The summed E-state index contributed by atoms with van der Waals surface area (Å²) in [5.74, 6) is 0.186. The predicted molar refractivity (Wildman–Crippen MR) is 61.9 cm³/mol. The first-order chi connectivity index (χ1) is 7.20. The highest BCUT2D eigenvalue weighted by Gasteiger charge is 2.03. The summed E-state index contributed by atoms with van der Waals surface area (Å²) in [7, 11) is 0. The van der Waals surface area contributed by atoms with Crippen LogP contribution in [0.15, 0.2) is 34.8 Å². The molecular weight excluding hydrogens is 258 g/mol. The molecule has 0 aliphatic heterocycles. The lowest BCUT2D eigenvalue weighted by Gasteiger charge is -2.06. The Bertz CT molecular complexity index is 499. The summed E-state index contributed by atoms with van der Waals surface area (Å²) in [4.78, 5) is 0. The van der Waals surface area contributed by atoms with Crippen LogP contribution in [0.1, 0.15) is 5.56 Å². The van der Waals surface area contributed by atoms with E-state index in [4.69, 9.17) is 5.21 Å². The first-order valence-corrected chi connectivity index (χ1v) is 5.28. The molecule has 2 aromatic rings. The van der Waals surface area contributed by atoms with Crippen molar-refractivity contribution in [3.8, 4) is 5.75 Å². The van der Waals surface area contributed by atoms with E-state index in [-0.39, 0.29) is 12.3 Å². The molecule has 0 amide bonds. The van der Waals surface area contributed by atoms with Crippen LogP contribution < -0.4 is 5.48 Å². The van der Waals surface area contributed by atoms with Crippen LogP contribution in [0.3, 0.4) is 0 Å². The summed E-state index contributed by atoms with van der Waals surface area (Å²) in [6, 6.07) is 9.35. The molecule has 2 rings (SSSR count). The van der Waals surface area contributed by atoms with Gasteiger partial charge in [-0.15, -0.1) is 0 Å². The summed E-state index contributed by atoms with van der Waals surface area (Å²) in [6.45, 7) is 0.230. The van der Waals surface area contributed by atoms with E-state index in [2.05, 4.69) is 15.9 Å². The Kier molecular flexibility index (Phi) is 2.90. The van der Waals surface area contributed by atoms with Gasteiger partial charge in [0.05, 0.1) is 0 Å². The minimum atomic E-state index is 0.186. The van der Waals surface area contributed by atoms with Gasteiger partial charge in [-0.1, -0.05) is 22.0 Å². The number of phenols is 1. The fourth-order valence-electron chi connectivity index (χ4n) is 1.53. The van der Waals surface area contributed by atoms with Gasteiger partial charge in [-0.05, 0) is 35.0 Å². The van der Waals surface area contributed by atoms with E-state index in [0.717, 1.165) is 15.2 Å². The molecule has 0 aliphatic rings. The summed E-state index contributed by atoms with van der Waals surface area (Å²) < 4.78 is 0.989. The summed E-state index contributed by atoms with van der Waals surface area (Å²) >= 11 is 3.39. The Balaban J connectivity index is 2.61. The molecule has 3 nitrogen and oxygen atoms in total. The highest BCUT2D eigenvalue weighted by atomic mass is 79.9. The van der Waals surface area contributed by atoms with Crippen LogP contribution in [-0.2, 0) is 6.54 Å². The van der Waals surface area contributed by atoms with Gasteiger partial charge in [0.2, 0.25) is 0 Å². The lowest BCUT2D eigenvalue weighted by molar-refractivity contribution is 0.160. The van der Waals surface area contributed by atoms with Gasteiger partial charge in [0.15, 0.2) is 0 Å². The average molecular weight is 268 g/mol. The van der Waals surface area contributed by atoms with Crippen LogP contribution in [-0.4, -0.2) is 10.3 Å². The van der Waals surface area contributed by atoms with E-state index in [1.54, 1.807) is 6.07 Å². The van der Waals surface area contributed by atoms with E-state index in [1.807, 2.05) is 29.7 Å². The van der Waals surface area contributed by atoms with Crippen molar-refractivity contribution in [2.24, 2.45) is 0 Å². The molecule has 0 unspecified atom stereocenters. The molecule has 78 valence electrons. The molecule has 0 saturated carbocycles. The number of benzene rings is 2. The summed E-state index contributed by atoms with van der Waals surface area (Å²) in [5.41, 5.74) is 2.70. The van der Waals surface area contributed by atoms with Gasteiger partial charge < -0.3 is 10.3 Å². The maximum atomic E-state index is 9.65. The zero-order chi connectivity index (χ0) is 10.8. The SMILES string of the molecule is ONCc1cc2cc(Br)ccc2cc1O. The Morgan fingerprint density at radius 3 is 2.67 bits per heavy atom. The Hall–Kier alpha value is -1.10. The van der Waals surface area contributed by atoms with Gasteiger partial charge in [0.1, 0.15) is 5.75 Å². The van der Waals surface area contributed by atoms with Crippen LogP contribution in [0.4, 0.5) is 0 Å². The van der Waals surface area contributed by atoms with E-state index in [1.165, 1.54) is 0 Å². The first-order valence-electron chi connectivity index (χ1n) is 4.49. The molecule has 0 saturated heterocycles. The van der Waals surface area contributed by atoms with Gasteiger partial charge in [0, 0.05) is 16.6 Å². The lowest BCUT2D eigenvalue weighted by Crippen LogP contribution is -2.06. The topological polar surface area (TPSA) is 52.5 Å². The minimum absolute atomic E-state index is 0.186. The van der Waals surface area contributed by atoms with Crippen molar-refractivity contribution in [1.29, 1.82) is 0 Å². The number of nitrogens with one attached hydrogen (secondary N) is 1. The average Bonchev–Trinajstić information content (AvgIpc) is 2.20. The van der Waals surface area contributed by atoms with E-state index < -0.39 is 0 Å². The van der Waals surface area contributed by atoms with Crippen molar-refractivity contribution in [3.05, 3.63) is 40.4 Å². The molecule has 0 bridgehead atoms. The van der Waals surface area contributed by atoms with Crippen LogP contribution in [0.25, 0.3) is 10.8 Å². The number of fused-ring (bicyclic) bond motifs is 1. The van der Waals surface area contributed by atoms with Crippen molar-refractivity contribution < 1.29 is 10.3 Å². The molecule has 15 heavy (non-hydrogen) atoms. The third-order valence-corrected chi connectivity index (χ3v) is 2.76. The van der Waals surface area contributed by atoms with E-state index in [9.17, 15) is 5.11 Å². The number of hydroxylamine groups is 1. The number of rotatable bonds is 2. The lowest BCUT2D eigenvalue weighted by atomic mass is 10.1. The Morgan fingerprint density at radius 1 is 1.13 bits per heavy atom. The molecule has 0 heterocycles. The van der Waals surface area contributed by atoms with Crippen molar-refractivity contribution in [1.82, 2.24) is 5.48 Å². The van der Waals surface area contributed by atoms with E-state index >= 15 is 0 Å². The van der Waals surface area contributed by atoms with Crippen molar-refractivity contribution in [2.75, 3.05) is 0 Å². The number of hydrogen-bond acceptors (Lipinski definition) is 3. The number of phenolic OH excluding ortho intramolecular Hbond substituents is 1. The minimum Gasteiger partial charge on any atom is -0.508 e. The molecular formula is C11H10BrNO2. The van der Waals surface area contributed by atoms with Gasteiger partial charge >= 0.3 is 0 Å². The maximum Gasteiger partial charge on any atom is 0.120 e. The molecule has 0 aliphatic carbocycles. The van der Waals surface area contributed by atoms with Crippen LogP contribution in [0, 0.1) is 0 Å². The zero-order valence-electron chi connectivity index (χ0n) is 7.87. The van der Waals surface area contributed by atoms with Crippen LogP contribution in [0.5, 0.6) is 5.75 Å². The van der Waals surface area contributed by atoms with Gasteiger partial charge in [-0.2, -0.15) is 0 Å². The second kappa shape index (κ2) is 4.18. The van der Waals surface area contributed by atoms with Crippen molar-refractivity contribution in [3.63, 3.8) is 0 Å². The second-order valence-electron chi connectivity index (χ2n) is 3.31. The molecule has 0 radical (unpaired) electrons. The Labute approximate surface area is 95.4 Å². The molecule has 0 spiro atoms. The second-order valence-corrected chi connectivity index (χ2v) is 4.22. The molecule has 4 heteroatoms. The molecule has 0 aromatic heterocycles. The van der Waals surface area contributed by atoms with Crippen molar-refractivity contribution in [2.45, 2.75) is 6.54 Å². The standard InChI is InChI=1S/C11H10BrNO2/c12-10-2-1-7-5-11(14)9(6-13-15)3-8(7)4-10/h1-5,13-15H,6H2. The highest BCUT2D eigenvalue weighted by Crippen LogP contribution is 2.27. The van der Waals surface area contributed by atoms with E-state index in [0.29, 0.717) is 5.56 Å². The number of hydrogen-bond donors (Lipinski definition) is 3. The third-order valence-electron chi connectivity index (χ3n) is 2.27. The first kappa shape index (κ1) is 10.4. The normalized spacial score (nSPS) is 10.8. The zero-order valence-corrected chi connectivity index (χ0v) is 9.45. The largest absolute Gasteiger partial charge is 0.508 e. The third kappa shape index (κ3) is 2.12. The quantitative estimate of drug-likeness (QED) is 0.734. The smallest absolute Gasteiger partial charge is 0.120 e. The monoisotopic (exact) mass is 267 g/mol. The van der Waals surface area contributed by atoms with Crippen LogP contribution in [0.2, 0.25) is 0 Å². The number of aromatic hydroxyl groups is 1. The predicted octanol–water partition coefficient (Wildman–Crippen LogP) is 2.79. The maximum absolute atomic E-state index is 9.65. The fourth-order valence-corrected chi connectivity index (χ4v) is 1.91. The van der Waals surface area contributed by atoms with Gasteiger partial charge in [0.25, 0.3) is 0 Å². The summed E-state index contributed by atoms with van der Waals surface area (Å²) in [5, 5.41) is 20.2. The highest BCUT2D eigenvalue weighted by molar-refractivity contribution is 9.10.